The third-order valence-electron chi connectivity index (χ3n) is 3.41. The topological polar surface area (TPSA) is 47.5 Å². The fourth-order valence-electron chi connectivity index (χ4n) is 2.18. The zero-order valence-corrected chi connectivity index (χ0v) is 13.9. The first-order chi connectivity index (χ1) is 9.65. The van der Waals surface area contributed by atoms with E-state index in [1.54, 1.807) is 14.2 Å². The molecule has 1 aromatic rings. The third-order valence-corrected chi connectivity index (χ3v) is 3.82. The van der Waals surface area contributed by atoms with Crippen molar-refractivity contribution in [3.05, 3.63) is 16.5 Å². The highest BCUT2D eigenvalue weighted by Crippen LogP contribution is 2.39. The molecule has 0 aromatic carbocycles. The molecule has 1 aromatic heterocycles. The monoisotopic (exact) mass is 343 g/mol. The molecule has 1 aliphatic rings. The molecule has 1 unspecified atom stereocenters. The molecule has 1 atom stereocenters. The van der Waals surface area contributed by atoms with Gasteiger partial charge in [0.25, 0.3) is 0 Å². The van der Waals surface area contributed by atoms with Crippen LogP contribution in [0.1, 0.15) is 31.5 Å². The molecule has 0 spiro atoms. The molecule has 0 aliphatic heterocycles. The molecule has 6 heteroatoms. The van der Waals surface area contributed by atoms with Gasteiger partial charge >= 0.3 is 0 Å². The van der Waals surface area contributed by atoms with E-state index >= 15 is 0 Å². The minimum atomic E-state index is 0.240. The quantitative estimate of drug-likeness (QED) is 0.679. The number of hydrogen-bond acceptors (Lipinski definition) is 5. The Morgan fingerprint density at radius 1 is 1.35 bits per heavy atom. The van der Waals surface area contributed by atoms with Gasteiger partial charge in [-0.25, -0.2) is 9.97 Å². The van der Waals surface area contributed by atoms with Crippen molar-refractivity contribution in [3.63, 3.8) is 0 Å². The second-order valence-electron chi connectivity index (χ2n) is 5.17. The molecule has 1 saturated carbocycles. The normalized spacial score (nSPS) is 16.2. The minimum Gasteiger partial charge on any atom is -0.383 e. The molecule has 0 saturated heterocycles. The molecule has 0 radical (unpaired) electrons. The van der Waals surface area contributed by atoms with Crippen molar-refractivity contribution in [1.82, 2.24) is 9.97 Å². The van der Waals surface area contributed by atoms with Crippen molar-refractivity contribution in [2.24, 2.45) is 0 Å². The van der Waals surface area contributed by atoms with E-state index in [-0.39, 0.29) is 6.04 Å². The zero-order valence-electron chi connectivity index (χ0n) is 12.3. The van der Waals surface area contributed by atoms with Crippen molar-refractivity contribution < 1.29 is 9.47 Å². The number of hydrogen-bond donors (Lipinski definition) is 0. The van der Waals surface area contributed by atoms with Crippen LogP contribution in [0.5, 0.6) is 0 Å². The Labute approximate surface area is 128 Å². The molecule has 0 bridgehead atoms. The second kappa shape index (κ2) is 7.33. The predicted octanol–water partition coefficient (Wildman–Crippen LogP) is 2.60. The van der Waals surface area contributed by atoms with Gasteiger partial charge in [0, 0.05) is 32.7 Å². The number of ether oxygens (including phenoxy) is 2. The second-order valence-corrected chi connectivity index (χ2v) is 5.98. The van der Waals surface area contributed by atoms with E-state index in [2.05, 4.69) is 32.7 Å². The van der Waals surface area contributed by atoms with Gasteiger partial charge in [-0.3, -0.25) is 0 Å². The summed E-state index contributed by atoms with van der Waals surface area (Å²) < 4.78 is 11.3. The average molecular weight is 344 g/mol. The number of anilines is 1. The van der Waals surface area contributed by atoms with E-state index < -0.39 is 0 Å². The minimum absolute atomic E-state index is 0.240. The molecule has 20 heavy (non-hydrogen) atoms. The van der Waals surface area contributed by atoms with Gasteiger partial charge in [0.15, 0.2) is 0 Å². The summed E-state index contributed by atoms with van der Waals surface area (Å²) in [5.74, 6) is 2.42. The van der Waals surface area contributed by atoms with Crippen molar-refractivity contribution in [1.29, 1.82) is 0 Å². The van der Waals surface area contributed by atoms with E-state index in [9.17, 15) is 0 Å². The maximum Gasteiger partial charge on any atom is 0.135 e. The van der Waals surface area contributed by atoms with Crippen LogP contribution in [-0.4, -0.2) is 50.0 Å². The number of aromatic nitrogens is 2. The van der Waals surface area contributed by atoms with Crippen LogP contribution in [0.2, 0.25) is 0 Å². The van der Waals surface area contributed by atoms with Gasteiger partial charge in [-0.05, 0) is 35.7 Å². The molecular formula is C14H22BrN3O2. The Hall–Kier alpha value is -0.720. The predicted molar refractivity (Wildman–Crippen MR) is 82.3 cm³/mol. The van der Waals surface area contributed by atoms with Crippen LogP contribution < -0.4 is 4.90 Å². The molecule has 0 N–H and O–H groups in total. The van der Waals surface area contributed by atoms with Crippen LogP contribution in [-0.2, 0) is 9.47 Å². The summed E-state index contributed by atoms with van der Waals surface area (Å²) in [5.41, 5.74) is 0. The molecule has 1 fully saturated rings. The SMILES string of the molecule is COCCN(c1cc(Br)nc(C2CC2)n1)C(C)COC. The van der Waals surface area contributed by atoms with Gasteiger partial charge in [0.2, 0.25) is 0 Å². The standard InChI is InChI=1S/C14H22BrN3O2/c1-10(9-20-3)18(6-7-19-2)13-8-12(15)16-14(17-13)11-4-5-11/h8,10-11H,4-7,9H2,1-3H3. The van der Waals surface area contributed by atoms with Crippen molar-refractivity contribution in [2.75, 3.05) is 38.9 Å². The van der Waals surface area contributed by atoms with Crippen LogP contribution >= 0.6 is 15.9 Å². The summed E-state index contributed by atoms with van der Waals surface area (Å²) in [6, 6.07) is 2.21. The van der Waals surface area contributed by atoms with Gasteiger partial charge in [0.05, 0.1) is 19.3 Å². The summed E-state index contributed by atoms with van der Waals surface area (Å²) >= 11 is 3.49. The summed E-state index contributed by atoms with van der Waals surface area (Å²) in [6.07, 6.45) is 2.39. The first-order valence-electron chi connectivity index (χ1n) is 6.94. The Morgan fingerprint density at radius 2 is 2.10 bits per heavy atom. The van der Waals surface area contributed by atoms with E-state index in [1.165, 1.54) is 12.8 Å². The molecular weight excluding hydrogens is 322 g/mol. The first kappa shape index (κ1) is 15.7. The Bertz CT molecular complexity index is 440. The maximum atomic E-state index is 5.27. The lowest BCUT2D eigenvalue weighted by Gasteiger charge is -2.30. The average Bonchev–Trinajstić information content (AvgIpc) is 3.23. The summed E-state index contributed by atoms with van der Waals surface area (Å²) in [5, 5.41) is 0. The lowest BCUT2D eigenvalue weighted by atomic mass is 10.3. The first-order valence-corrected chi connectivity index (χ1v) is 7.74. The van der Waals surface area contributed by atoms with E-state index in [4.69, 9.17) is 14.5 Å². The van der Waals surface area contributed by atoms with Crippen LogP contribution in [0.3, 0.4) is 0 Å². The highest BCUT2D eigenvalue weighted by atomic mass is 79.9. The van der Waals surface area contributed by atoms with Crippen LogP contribution in [0, 0.1) is 0 Å². The van der Waals surface area contributed by atoms with Crippen LogP contribution in [0.4, 0.5) is 5.82 Å². The Balaban J connectivity index is 2.21. The summed E-state index contributed by atoms with van der Waals surface area (Å²) in [6.45, 7) is 4.24. The van der Waals surface area contributed by atoms with Crippen molar-refractivity contribution in [2.45, 2.75) is 31.7 Å². The smallest absolute Gasteiger partial charge is 0.135 e. The number of rotatable bonds is 8. The van der Waals surface area contributed by atoms with Crippen molar-refractivity contribution >= 4 is 21.7 Å². The molecule has 5 nitrogen and oxygen atoms in total. The summed E-state index contributed by atoms with van der Waals surface area (Å²) in [7, 11) is 3.43. The van der Waals surface area contributed by atoms with E-state index in [1.807, 2.05) is 6.07 Å². The van der Waals surface area contributed by atoms with Gasteiger partial charge < -0.3 is 14.4 Å². The highest BCUT2D eigenvalue weighted by Gasteiger charge is 2.28. The lowest BCUT2D eigenvalue weighted by Crippen LogP contribution is -2.39. The van der Waals surface area contributed by atoms with E-state index in [0.717, 1.165) is 22.8 Å². The Morgan fingerprint density at radius 3 is 2.70 bits per heavy atom. The van der Waals surface area contributed by atoms with Gasteiger partial charge in [-0.1, -0.05) is 0 Å². The largest absolute Gasteiger partial charge is 0.383 e. The van der Waals surface area contributed by atoms with Gasteiger partial charge in [-0.2, -0.15) is 0 Å². The highest BCUT2D eigenvalue weighted by molar-refractivity contribution is 9.10. The summed E-state index contributed by atoms with van der Waals surface area (Å²) in [4.78, 5) is 11.4. The zero-order chi connectivity index (χ0) is 14.5. The fraction of sp³-hybridized carbons (Fsp3) is 0.714. The maximum absolute atomic E-state index is 5.27. The van der Waals surface area contributed by atoms with E-state index in [0.29, 0.717) is 19.1 Å². The number of methoxy groups -OCH3 is 2. The number of halogens is 1. The fourth-order valence-corrected chi connectivity index (χ4v) is 2.56. The Kier molecular flexibility index (Phi) is 5.74. The molecule has 1 aliphatic carbocycles. The van der Waals surface area contributed by atoms with Gasteiger partial charge in [-0.15, -0.1) is 0 Å². The van der Waals surface area contributed by atoms with Crippen LogP contribution in [0.25, 0.3) is 0 Å². The van der Waals surface area contributed by atoms with Gasteiger partial charge in [0.1, 0.15) is 16.2 Å². The lowest BCUT2D eigenvalue weighted by molar-refractivity contribution is 0.170. The molecule has 0 amide bonds. The van der Waals surface area contributed by atoms with Crippen molar-refractivity contribution in [3.8, 4) is 0 Å². The van der Waals surface area contributed by atoms with Crippen LogP contribution in [0.15, 0.2) is 10.7 Å². The molecule has 1 heterocycles. The molecule has 2 rings (SSSR count). The number of nitrogens with zero attached hydrogens (tertiary/aromatic N) is 3. The third kappa shape index (κ3) is 4.14. The molecule has 112 valence electrons.